The number of hydrogen-bond donors (Lipinski definition) is 3. The molecule has 0 aliphatic carbocycles. The molecule has 2 aromatic carbocycles. The number of aryl methyl sites for hydroxylation is 1. The number of guanidine groups is 1. The fourth-order valence-electron chi connectivity index (χ4n) is 2.39. The quantitative estimate of drug-likeness (QED) is 0.551. The van der Waals surface area contributed by atoms with E-state index in [1.165, 1.54) is 11.1 Å². The Bertz CT molecular complexity index is 751. The average molecular weight is 352 g/mol. The van der Waals surface area contributed by atoms with Gasteiger partial charge in [0.2, 0.25) is 5.91 Å². The summed E-state index contributed by atoms with van der Waals surface area (Å²) >= 11 is 0. The van der Waals surface area contributed by atoms with Gasteiger partial charge >= 0.3 is 0 Å². The molecule has 0 aromatic heterocycles. The van der Waals surface area contributed by atoms with Crippen LogP contribution in [0.15, 0.2) is 53.5 Å². The predicted molar refractivity (Wildman–Crippen MR) is 108 cm³/mol. The summed E-state index contributed by atoms with van der Waals surface area (Å²) in [7, 11) is 1.76. The van der Waals surface area contributed by atoms with Crippen molar-refractivity contribution in [1.29, 1.82) is 0 Å². The second-order valence-electron chi connectivity index (χ2n) is 6.55. The predicted octanol–water partition coefficient (Wildman–Crippen LogP) is 3.45. The molecule has 2 aromatic rings. The highest BCUT2D eigenvalue weighted by atomic mass is 16.1. The largest absolute Gasteiger partial charge is 0.352 e. The number of rotatable bonds is 6. The van der Waals surface area contributed by atoms with E-state index in [0.29, 0.717) is 6.54 Å². The van der Waals surface area contributed by atoms with Crippen LogP contribution < -0.4 is 16.0 Å². The molecule has 0 saturated carbocycles. The number of carbonyl (C=O) groups is 1. The molecule has 0 bridgehead atoms. The average Bonchev–Trinajstić information content (AvgIpc) is 2.64. The zero-order valence-corrected chi connectivity index (χ0v) is 16.0. The van der Waals surface area contributed by atoms with Crippen LogP contribution in [0, 0.1) is 12.8 Å². The number of nitrogens with one attached hydrogen (secondary N) is 3. The van der Waals surface area contributed by atoms with E-state index < -0.39 is 0 Å². The number of carbonyl (C=O) groups excluding carboxylic acids is 1. The zero-order valence-electron chi connectivity index (χ0n) is 16.0. The Morgan fingerprint density at radius 2 is 1.65 bits per heavy atom. The fraction of sp³-hybridized carbons (Fsp3) is 0.333. The smallest absolute Gasteiger partial charge is 0.226 e. The molecular weight excluding hydrogens is 324 g/mol. The lowest BCUT2D eigenvalue weighted by Gasteiger charge is -2.13. The molecule has 2 rings (SSSR count). The molecule has 0 saturated heterocycles. The van der Waals surface area contributed by atoms with Crippen molar-refractivity contribution in [3.8, 4) is 0 Å². The maximum atomic E-state index is 11.7. The lowest BCUT2D eigenvalue weighted by molar-refractivity contribution is -0.118. The molecular formula is C21H28N4O. The lowest BCUT2D eigenvalue weighted by atomic mass is 10.1. The van der Waals surface area contributed by atoms with E-state index in [9.17, 15) is 4.79 Å². The Morgan fingerprint density at radius 1 is 1.00 bits per heavy atom. The third kappa shape index (κ3) is 5.92. The Balaban J connectivity index is 1.84. The van der Waals surface area contributed by atoms with Gasteiger partial charge in [0.05, 0.1) is 0 Å². The van der Waals surface area contributed by atoms with Gasteiger partial charge in [0.1, 0.15) is 0 Å². The van der Waals surface area contributed by atoms with E-state index in [-0.39, 0.29) is 11.8 Å². The first kappa shape index (κ1) is 19.5. The van der Waals surface area contributed by atoms with Gasteiger partial charge in [-0.3, -0.25) is 9.79 Å². The van der Waals surface area contributed by atoms with Crippen molar-refractivity contribution in [3.63, 3.8) is 0 Å². The maximum absolute atomic E-state index is 11.7. The van der Waals surface area contributed by atoms with Crippen molar-refractivity contribution < 1.29 is 4.79 Å². The molecule has 0 aliphatic heterocycles. The lowest BCUT2D eigenvalue weighted by Crippen LogP contribution is -2.36. The molecule has 0 atom stereocenters. The summed E-state index contributed by atoms with van der Waals surface area (Å²) in [6, 6.07) is 16.1. The molecule has 138 valence electrons. The third-order valence-electron chi connectivity index (χ3n) is 4.14. The van der Waals surface area contributed by atoms with Crippen molar-refractivity contribution >= 4 is 17.6 Å². The van der Waals surface area contributed by atoms with Crippen molar-refractivity contribution in [2.24, 2.45) is 10.9 Å². The van der Waals surface area contributed by atoms with Gasteiger partial charge in [0.25, 0.3) is 0 Å². The monoisotopic (exact) mass is 352 g/mol. The van der Waals surface area contributed by atoms with Crippen molar-refractivity contribution in [2.75, 3.05) is 12.4 Å². The standard InChI is InChI=1S/C21H28N4O/c1-15(2)20(26)25-19-11-9-17(10-12-19)13-23-21(22-4)24-14-18-8-6-5-7-16(18)3/h5-12,15H,13-14H2,1-4H3,(H,25,26)(H2,22,23,24). The van der Waals surface area contributed by atoms with Crippen LogP contribution >= 0.6 is 0 Å². The summed E-state index contributed by atoms with van der Waals surface area (Å²) in [6.45, 7) is 7.25. The van der Waals surface area contributed by atoms with Crippen molar-refractivity contribution in [1.82, 2.24) is 10.6 Å². The minimum absolute atomic E-state index is 0.0247. The van der Waals surface area contributed by atoms with Gasteiger partial charge in [-0.15, -0.1) is 0 Å². The van der Waals surface area contributed by atoms with Crippen molar-refractivity contribution in [2.45, 2.75) is 33.9 Å². The van der Waals surface area contributed by atoms with Gasteiger partial charge in [0, 0.05) is 31.7 Å². The summed E-state index contributed by atoms with van der Waals surface area (Å²) < 4.78 is 0. The first-order valence-corrected chi connectivity index (χ1v) is 8.88. The SMILES string of the molecule is CN=C(NCc1ccc(NC(=O)C(C)C)cc1)NCc1ccccc1C. The van der Waals surface area contributed by atoms with Gasteiger partial charge in [-0.25, -0.2) is 0 Å². The highest BCUT2D eigenvalue weighted by molar-refractivity contribution is 5.92. The first-order chi connectivity index (χ1) is 12.5. The molecule has 5 nitrogen and oxygen atoms in total. The Labute approximate surface area is 155 Å². The minimum atomic E-state index is -0.0287. The second kappa shape index (κ2) is 9.61. The van der Waals surface area contributed by atoms with E-state index in [1.54, 1.807) is 7.05 Å². The molecule has 0 heterocycles. The molecule has 26 heavy (non-hydrogen) atoms. The van der Waals surface area contributed by atoms with Crippen LogP contribution in [-0.2, 0) is 17.9 Å². The van der Waals surface area contributed by atoms with E-state index in [2.05, 4.69) is 40.0 Å². The fourth-order valence-corrected chi connectivity index (χ4v) is 2.39. The molecule has 1 amide bonds. The molecule has 0 radical (unpaired) electrons. The van der Waals surface area contributed by atoms with E-state index in [0.717, 1.165) is 23.8 Å². The molecule has 0 aliphatic rings. The van der Waals surface area contributed by atoms with E-state index in [1.807, 2.05) is 50.2 Å². The minimum Gasteiger partial charge on any atom is -0.352 e. The van der Waals surface area contributed by atoms with Crippen LogP contribution in [0.3, 0.4) is 0 Å². The van der Waals surface area contributed by atoms with Gasteiger partial charge in [-0.1, -0.05) is 50.2 Å². The topological polar surface area (TPSA) is 65.5 Å². The van der Waals surface area contributed by atoms with Gasteiger partial charge in [-0.05, 0) is 35.7 Å². The molecule has 3 N–H and O–H groups in total. The number of anilines is 1. The number of aliphatic imine (C=N–C) groups is 1. The summed E-state index contributed by atoms with van der Waals surface area (Å²) in [5.74, 6) is 0.751. The van der Waals surface area contributed by atoms with Crippen molar-refractivity contribution in [3.05, 3.63) is 65.2 Å². The number of nitrogens with zero attached hydrogens (tertiary/aromatic N) is 1. The van der Waals surface area contributed by atoms with Gasteiger partial charge in [-0.2, -0.15) is 0 Å². The summed E-state index contributed by atoms with van der Waals surface area (Å²) in [4.78, 5) is 16.0. The van der Waals surface area contributed by atoms with Crippen LogP contribution in [0.1, 0.15) is 30.5 Å². The summed E-state index contributed by atoms with van der Waals surface area (Å²) in [5.41, 5.74) is 4.44. The highest BCUT2D eigenvalue weighted by Crippen LogP contribution is 2.11. The molecule has 0 spiro atoms. The van der Waals surface area contributed by atoms with Crippen LogP contribution in [0.2, 0.25) is 0 Å². The molecule has 5 heteroatoms. The summed E-state index contributed by atoms with van der Waals surface area (Å²) in [5, 5.41) is 9.53. The van der Waals surface area contributed by atoms with Crippen LogP contribution in [0.25, 0.3) is 0 Å². The van der Waals surface area contributed by atoms with E-state index in [4.69, 9.17) is 0 Å². The third-order valence-corrected chi connectivity index (χ3v) is 4.14. The van der Waals surface area contributed by atoms with Gasteiger partial charge < -0.3 is 16.0 Å². The van der Waals surface area contributed by atoms with Crippen LogP contribution in [-0.4, -0.2) is 18.9 Å². The molecule has 0 unspecified atom stereocenters. The Hall–Kier alpha value is -2.82. The zero-order chi connectivity index (χ0) is 18.9. The number of benzene rings is 2. The number of hydrogen-bond acceptors (Lipinski definition) is 2. The Morgan fingerprint density at radius 3 is 2.27 bits per heavy atom. The second-order valence-corrected chi connectivity index (χ2v) is 6.55. The normalized spacial score (nSPS) is 11.3. The van der Waals surface area contributed by atoms with Gasteiger partial charge in [0.15, 0.2) is 5.96 Å². The number of amides is 1. The van der Waals surface area contributed by atoms with Crippen LogP contribution in [0.4, 0.5) is 5.69 Å². The maximum Gasteiger partial charge on any atom is 0.226 e. The highest BCUT2D eigenvalue weighted by Gasteiger charge is 2.07. The van der Waals surface area contributed by atoms with Crippen LogP contribution in [0.5, 0.6) is 0 Å². The van der Waals surface area contributed by atoms with E-state index >= 15 is 0 Å². The first-order valence-electron chi connectivity index (χ1n) is 8.88. The summed E-state index contributed by atoms with van der Waals surface area (Å²) in [6.07, 6.45) is 0. The Kier molecular flexibility index (Phi) is 7.21. The molecule has 0 fully saturated rings.